The van der Waals surface area contributed by atoms with Crippen molar-refractivity contribution in [1.82, 2.24) is 5.32 Å². The summed E-state index contributed by atoms with van der Waals surface area (Å²) in [5.74, 6) is -1.10. The molecule has 1 aliphatic rings. The highest BCUT2D eigenvalue weighted by molar-refractivity contribution is 5.86. The third-order valence-corrected chi connectivity index (χ3v) is 4.26. The minimum atomic E-state index is -0.934. The molecule has 0 bridgehead atoms. The number of hydrogen-bond donors (Lipinski definition) is 3. The molecule has 1 fully saturated rings. The Labute approximate surface area is 108 Å². The van der Waals surface area contributed by atoms with E-state index in [0.717, 1.165) is 12.8 Å². The maximum atomic E-state index is 12.0. The van der Waals surface area contributed by atoms with Gasteiger partial charge in [-0.1, -0.05) is 19.8 Å². The number of nitrogens with two attached hydrogens (primary N) is 1. The van der Waals surface area contributed by atoms with Gasteiger partial charge < -0.3 is 16.2 Å². The summed E-state index contributed by atoms with van der Waals surface area (Å²) in [5, 5.41) is 12.2. The second-order valence-electron chi connectivity index (χ2n) is 5.77. The van der Waals surface area contributed by atoms with Gasteiger partial charge in [0.05, 0.1) is 11.0 Å². The molecule has 1 rings (SSSR count). The molecule has 0 aromatic carbocycles. The molecule has 1 aliphatic carbocycles. The molecule has 104 valence electrons. The van der Waals surface area contributed by atoms with E-state index < -0.39 is 16.9 Å². The molecule has 0 aromatic heterocycles. The molecular weight excluding hydrogens is 232 g/mol. The van der Waals surface area contributed by atoms with Crippen LogP contribution in [0.4, 0.5) is 0 Å². The molecular formula is C13H24N2O3. The van der Waals surface area contributed by atoms with Gasteiger partial charge in [0.1, 0.15) is 0 Å². The van der Waals surface area contributed by atoms with Crippen molar-refractivity contribution in [2.24, 2.45) is 11.1 Å². The summed E-state index contributed by atoms with van der Waals surface area (Å²) in [6.07, 6.45) is 3.66. The smallest absolute Gasteiger partial charge is 0.311 e. The Hall–Kier alpha value is -1.10. The number of rotatable bonds is 4. The Morgan fingerprint density at radius 3 is 2.61 bits per heavy atom. The van der Waals surface area contributed by atoms with Crippen molar-refractivity contribution in [2.75, 3.05) is 0 Å². The molecule has 0 radical (unpaired) electrons. The predicted octanol–water partition coefficient (Wildman–Crippen LogP) is 1.26. The molecule has 3 unspecified atom stereocenters. The predicted molar refractivity (Wildman–Crippen MR) is 69.0 cm³/mol. The first-order valence-corrected chi connectivity index (χ1v) is 6.57. The van der Waals surface area contributed by atoms with Gasteiger partial charge in [-0.2, -0.15) is 0 Å². The van der Waals surface area contributed by atoms with Crippen LogP contribution in [0.15, 0.2) is 0 Å². The Bertz CT molecular complexity index is 341. The van der Waals surface area contributed by atoms with Gasteiger partial charge in [-0.25, -0.2) is 0 Å². The molecule has 5 heteroatoms. The first kappa shape index (κ1) is 15.0. The molecule has 5 nitrogen and oxygen atoms in total. The van der Waals surface area contributed by atoms with Crippen LogP contribution in [-0.4, -0.2) is 28.6 Å². The van der Waals surface area contributed by atoms with Crippen LogP contribution in [0.25, 0.3) is 0 Å². The molecule has 0 aromatic rings. The Kier molecular flexibility index (Phi) is 4.37. The van der Waals surface area contributed by atoms with Crippen molar-refractivity contribution < 1.29 is 14.7 Å². The number of carboxylic acid groups (broad SMARTS) is 1. The van der Waals surface area contributed by atoms with Crippen molar-refractivity contribution in [3.8, 4) is 0 Å². The topological polar surface area (TPSA) is 92.4 Å². The second-order valence-corrected chi connectivity index (χ2v) is 5.77. The standard InChI is InChI=1S/C13H24N2O3/c1-4-13(3,14)10(16)15-9-7-5-6-8-12(9,2)11(17)18/h9H,4-8,14H2,1-3H3,(H,15,16)(H,17,18). The number of aliphatic carboxylic acids is 1. The largest absolute Gasteiger partial charge is 0.481 e. The summed E-state index contributed by atoms with van der Waals surface area (Å²) in [4.78, 5) is 23.5. The van der Waals surface area contributed by atoms with Crippen molar-refractivity contribution in [1.29, 1.82) is 0 Å². The van der Waals surface area contributed by atoms with Crippen LogP contribution >= 0.6 is 0 Å². The average Bonchev–Trinajstić information content (AvgIpc) is 2.31. The fraction of sp³-hybridized carbons (Fsp3) is 0.846. The van der Waals surface area contributed by atoms with E-state index in [4.69, 9.17) is 5.73 Å². The summed E-state index contributed by atoms with van der Waals surface area (Å²) in [5.41, 5.74) is 4.07. The quantitative estimate of drug-likeness (QED) is 0.706. The highest BCUT2D eigenvalue weighted by Crippen LogP contribution is 2.36. The van der Waals surface area contributed by atoms with Crippen molar-refractivity contribution in [3.05, 3.63) is 0 Å². The van der Waals surface area contributed by atoms with Crippen molar-refractivity contribution in [3.63, 3.8) is 0 Å². The number of carboxylic acids is 1. The highest BCUT2D eigenvalue weighted by atomic mass is 16.4. The van der Waals surface area contributed by atoms with Gasteiger partial charge in [0.25, 0.3) is 0 Å². The van der Waals surface area contributed by atoms with Crippen molar-refractivity contribution in [2.45, 2.75) is 64.5 Å². The summed E-state index contributed by atoms with van der Waals surface area (Å²) >= 11 is 0. The van der Waals surface area contributed by atoms with Gasteiger partial charge in [-0.15, -0.1) is 0 Å². The van der Waals surface area contributed by atoms with E-state index in [9.17, 15) is 14.7 Å². The van der Waals surface area contributed by atoms with Gasteiger partial charge in [-0.05, 0) is 33.1 Å². The van der Waals surface area contributed by atoms with Gasteiger partial charge in [0, 0.05) is 6.04 Å². The maximum Gasteiger partial charge on any atom is 0.311 e. The van der Waals surface area contributed by atoms with Crippen LogP contribution in [0.3, 0.4) is 0 Å². The molecule has 0 saturated heterocycles. The lowest BCUT2D eigenvalue weighted by molar-refractivity contribution is -0.152. The van der Waals surface area contributed by atoms with Crippen LogP contribution in [0.1, 0.15) is 52.9 Å². The van der Waals surface area contributed by atoms with Crippen molar-refractivity contribution >= 4 is 11.9 Å². The number of hydrogen-bond acceptors (Lipinski definition) is 3. The van der Waals surface area contributed by atoms with E-state index in [1.807, 2.05) is 6.92 Å². The Balaban J connectivity index is 2.81. The molecule has 1 saturated carbocycles. The normalized spacial score (nSPS) is 31.4. The molecule has 4 N–H and O–H groups in total. The molecule has 3 atom stereocenters. The number of amides is 1. The third kappa shape index (κ3) is 2.83. The van der Waals surface area contributed by atoms with E-state index in [-0.39, 0.29) is 11.9 Å². The third-order valence-electron chi connectivity index (χ3n) is 4.26. The van der Waals surface area contributed by atoms with E-state index in [0.29, 0.717) is 19.3 Å². The van der Waals surface area contributed by atoms with Crippen LogP contribution in [0, 0.1) is 5.41 Å². The monoisotopic (exact) mass is 256 g/mol. The van der Waals surface area contributed by atoms with E-state index in [2.05, 4.69) is 5.32 Å². The van der Waals surface area contributed by atoms with Gasteiger partial charge >= 0.3 is 5.97 Å². The minimum Gasteiger partial charge on any atom is -0.481 e. The zero-order valence-electron chi connectivity index (χ0n) is 11.5. The minimum absolute atomic E-state index is 0.260. The molecule has 0 heterocycles. The molecule has 0 spiro atoms. The van der Waals surface area contributed by atoms with Crippen LogP contribution in [-0.2, 0) is 9.59 Å². The fourth-order valence-electron chi connectivity index (χ4n) is 2.30. The van der Waals surface area contributed by atoms with E-state index >= 15 is 0 Å². The number of carbonyl (C=O) groups is 2. The zero-order valence-corrected chi connectivity index (χ0v) is 11.5. The van der Waals surface area contributed by atoms with Gasteiger partial charge in [0.15, 0.2) is 0 Å². The second kappa shape index (κ2) is 5.26. The van der Waals surface area contributed by atoms with E-state index in [1.165, 1.54) is 0 Å². The fourth-order valence-corrected chi connectivity index (χ4v) is 2.30. The van der Waals surface area contributed by atoms with Crippen LogP contribution in [0.2, 0.25) is 0 Å². The lowest BCUT2D eigenvalue weighted by Crippen LogP contribution is -2.59. The highest BCUT2D eigenvalue weighted by Gasteiger charge is 2.45. The van der Waals surface area contributed by atoms with E-state index in [1.54, 1.807) is 13.8 Å². The summed E-state index contributed by atoms with van der Waals surface area (Å²) in [6.45, 7) is 5.22. The molecule has 18 heavy (non-hydrogen) atoms. The average molecular weight is 256 g/mol. The molecule has 0 aliphatic heterocycles. The van der Waals surface area contributed by atoms with Crippen LogP contribution < -0.4 is 11.1 Å². The SMILES string of the molecule is CCC(C)(N)C(=O)NC1CCCCC1(C)C(=O)O. The Morgan fingerprint density at radius 2 is 2.11 bits per heavy atom. The zero-order chi connectivity index (χ0) is 14.0. The Morgan fingerprint density at radius 1 is 1.50 bits per heavy atom. The van der Waals surface area contributed by atoms with Crippen LogP contribution in [0.5, 0.6) is 0 Å². The number of carbonyl (C=O) groups excluding carboxylic acids is 1. The summed E-state index contributed by atoms with van der Waals surface area (Å²) in [7, 11) is 0. The summed E-state index contributed by atoms with van der Waals surface area (Å²) in [6, 6.07) is -0.328. The molecule has 1 amide bonds. The van der Waals surface area contributed by atoms with Gasteiger partial charge in [0.2, 0.25) is 5.91 Å². The lowest BCUT2D eigenvalue weighted by atomic mass is 9.71. The maximum absolute atomic E-state index is 12.0. The number of nitrogens with one attached hydrogen (secondary N) is 1. The first-order valence-electron chi connectivity index (χ1n) is 6.57. The summed E-state index contributed by atoms with van der Waals surface area (Å²) < 4.78 is 0. The van der Waals surface area contributed by atoms with Gasteiger partial charge in [-0.3, -0.25) is 9.59 Å². The lowest BCUT2D eigenvalue weighted by Gasteiger charge is -2.39. The first-order chi connectivity index (χ1) is 8.24.